The molecular formula is C11H12N2O2. The van der Waals surface area contributed by atoms with E-state index in [9.17, 15) is 4.79 Å². The molecule has 1 aromatic heterocycles. The number of nitrogens with two attached hydrogens (primary N) is 1. The Hall–Kier alpha value is -1.81. The van der Waals surface area contributed by atoms with Crippen LogP contribution in [0.3, 0.4) is 0 Å². The first-order valence-electron chi connectivity index (χ1n) is 4.72. The van der Waals surface area contributed by atoms with Crippen LogP contribution in [-0.4, -0.2) is 22.6 Å². The summed E-state index contributed by atoms with van der Waals surface area (Å²) in [6, 6.07) is 7.48. The van der Waals surface area contributed by atoms with E-state index in [1.807, 2.05) is 30.5 Å². The summed E-state index contributed by atoms with van der Waals surface area (Å²) in [5, 5.41) is 10.0. The quantitative estimate of drug-likeness (QED) is 0.705. The summed E-state index contributed by atoms with van der Waals surface area (Å²) in [6.07, 6.45) is 1.83. The van der Waals surface area contributed by atoms with Gasteiger partial charge in [-0.2, -0.15) is 0 Å². The molecule has 1 aromatic carbocycles. The van der Waals surface area contributed by atoms with Crippen LogP contribution in [0.2, 0.25) is 0 Å². The van der Waals surface area contributed by atoms with Gasteiger partial charge in [-0.25, -0.2) is 0 Å². The van der Waals surface area contributed by atoms with Crippen molar-refractivity contribution >= 4 is 16.9 Å². The van der Waals surface area contributed by atoms with Gasteiger partial charge in [0.15, 0.2) is 0 Å². The molecule has 1 atom stereocenters. The molecule has 0 aliphatic carbocycles. The molecule has 0 bridgehead atoms. The van der Waals surface area contributed by atoms with Gasteiger partial charge in [-0.15, -0.1) is 0 Å². The van der Waals surface area contributed by atoms with Gasteiger partial charge in [0.1, 0.15) is 0 Å². The highest BCUT2D eigenvalue weighted by Crippen LogP contribution is 2.20. The average Bonchev–Trinajstić information content (AvgIpc) is 2.65. The number of aromatic amines is 1. The molecule has 0 spiro atoms. The van der Waals surface area contributed by atoms with E-state index in [1.165, 1.54) is 0 Å². The summed E-state index contributed by atoms with van der Waals surface area (Å²) in [4.78, 5) is 14.0. The molecule has 0 aliphatic rings. The standard InChI is InChI=1S/C11H12N2O2/c12-6-9(11(14)15)8-2-1-7-3-4-13-10(7)5-8/h1-5,9,13H,6,12H2,(H,14,15). The van der Waals surface area contributed by atoms with Crippen LogP contribution >= 0.6 is 0 Å². The lowest BCUT2D eigenvalue weighted by atomic mass is 9.98. The van der Waals surface area contributed by atoms with Crippen molar-refractivity contribution in [3.8, 4) is 0 Å². The highest BCUT2D eigenvalue weighted by Gasteiger charge is 2.17. The van der Waals surface area contributed by atoms with E-state index < -0.39 is 11.9 Å². The highest BCUT2D eigenvalue weighted by atomic mass is 16.4. The first-order chi connectivity index (χ1) is 7.22. The molecule has 4 N–H and O–H groups in total. The molecular weight excluding hydrogens is 192 g/mol. The molecule has 0 aliphatic heterocycles. The van der Waals surface area contributed by atoms with Crippen LogP contribution in [0.5, 0.6) is 0 Å². The van der Waals surface area contributed by atoms with Crippen LogP contribution in [0.1, 0.15) is 11.5 Å². The number of hydrogen-bond donors (Lipinski definition) is 3. The van der Waals surface area contributed by atoms with Gasteiger partial charge < -0.3 is 15.8 Å². The third-order valence-corrected chi connectivity index (χ3v) is 2.52. The summed E-state index contributed by atoms with van der Waals surface area (Å²) in [5.74, 6) is -1.51. The molecule has 0 amide bonds. The third-order valence-electron chi connectivity index (χ3n) is 2.52. The first-order valence-corrected chi connectivity index (χ1v) is 4.72. The fourth-order valence-electron chi connectivity index (χ4n) is 1.66. The van der Waals surface area contributed by atoms with Crippen molar-refractivity contribution in [3.63, 3.8) is 0 Å². The van der Waals surface area contributed by atoms with Crippen LogP contribution < -0.4 is 5.73 Å². The SMILES string of the molecule is NCC(C(=O)O)c1ccc2cc[nH]c2c1. The number of carboxylic acids is 1. The van der Waals surface area contributed by atoms with Gasteiger partial charge >= 0.3 is 5.97 Å². The monoisotopic (exact) mass is 204 g/mol. The Morgan fingerprint density at radius 3 is 2.93 bits per heavy atom. The molecule has 1 unspecified atom stereocenters. The fourth-order valence-corrected chi connectivity index (χ4v) is 1.66. The van der Waals surface area contributed by atoms with Gasteiger partial charge in [0.05, 0.1) is 5.92 Å². The number of benzene rings is 1. The molecule has 0 radical (unpaired) electrons. The Bertz CT molecular complexity index is 490. The third kappa shape index (κ3) is 1.71. The molecule has 15 heavy (non-hydrogen) atoms. The minimum absolute atomic E-state index is 0.113. The molecule has 4 heteroatoms. The maximum atomic E-state index is 10.9. The summed E-state index contributed by atoms with van der Waals surface area (Å²) >= 11 is 0. The predicted molar refractivity (Wildman–Crippen MR) is 57.7 cm³/mol. The van der Waals surface area contributed by atoms with E-state index in [0.717, 1.165) is 16.5 Å². The van der Waals surface area contributed by atoms with Gasteiger partial charge in [0.2, 0.25) is 0 Å². The second-order valence-electron chi connectivity index (χ2n) is 3.45. The first kappa shape index (κ1) is 9.73. The lowest BCUT2D eigenvalue weighted by molar-refractivity contribution is -0.138. The lowest BCUT2D eigenvalue weighted by Crippen LogP contribution is -2.20. The van der Waals surface area contributed by atoms with Gasteiger partial charge in [0, 0.05) is 18.3 Å². The molecule has 78 valence electrons. The minimum atomic E-state index is -0.886. The zero-order valence-electron chi connectivity index (χ0n) is 8.10. The number of carboxylic acid groups (broad SMARTS) is 1. The largest absolute Gasteiger partial charge is 0.481 e. The van der Waals surface area contributed by atoms with E-state index in [0.29, 0.717) is 0 Å². The number of H-pyrrole nitrogens is 1. The molecule has 1 heterocycles. The van der Waals surface area contributed by atoms with Crippen LogP contribution in [0.25, 0.3) is 10.9 Å². The molecule has 2 rings (SSSR count). The second kappa shape index (κ2) is 3.74. The summed E-state index contributed by atoms with van der Waals surface area (Å²) in [5.41, 5.74) is 7.11. The van der Waals surface area contributed by atoms with E-state index in [-0.39, 0.29) is 6.54 Å². The zero-order chi connectivity index (χ0) is 10.8. The maximum absolute atomic E-state index is 10.9. The van der Waals surface area contributed by atoms with Crippen molar-refractivity contribution in [1.82, 2.24) is 4.98 Å². The van der Waals surface area contributed by atoms with E-state index in [1.54, 1.807) is 0 Å². The minimum Gasteiger partial charge on any atom is -0.481 e. The zero-order valence-corrected chi connectivity index (χ0v) is 8.10. The Labute approximate surface area is 86.7 Å². The van der Waals surface area contributed by atoms with Gasteiger partial charge in [-0.3, -0.25) is 4.79 Å². The number of aromatic nitrogens is 1. The topological polar surface area (TPSA) is 79.1 Å². The smallest absolute Gasteiger partial charge is 0.312 e. The number of nitrogens with one attached hydrogen (secondary N) is 1. The number of hydrogen-bond acceptors (Lipinski definition) is 2. The van der Waals surface area contributed by atoms with Crippen LogP contribution in [-0.2, 0) is 4.79 Å². The van der Waals surface area contributed by atoms with Crippen molar-refractivity contribution in [2.75, 3.05) is 6.54 Å². The highest BCUT2D eigenvalue weighted by molar-refractivity contribution is 5.83. The second-order valence-corrected chi connectivity index (χ2v) is 3.45. The Balaban J connectivity index is 2.46. The Kier molecular flexibility index (Phi) is 2.43. The van der Waals surface area contributed by atoms with Gasteiger partial charge in [-0.05, 0) is 23.1 Å². The number of carbonyl (C=O) groups is 1. The van der Waals surface area contributed by atoms with Crippen LogP contribution in [0.4, 0.5) is 0 Å². The van der Waals surface area contributed by atoms with Crippen molar-refractivity contribution in [1.29, 1.82) is 0 Å². The Morgan fingerprint density at radius 2 is 2.27 bits per heavy atom. The number of rotatable bonds is 3. The van der Waals surface area contributed by atoms with Gasteiger partial charge in [0.25, 0.3) is 0 Å². The van der Waals surface area contributed by atoms with E-state index in [2.05, 4.69) is 4.98 Å². The average molecular weight is 204 g/mol. The summed E-state index contributed by atoms with van der Waals surface area (Å²) in [7, 11) is 0. The van der Waals surface area contributed by atoms with E-state index in [4.69, 9.17) is 10.8 Å². The Morgan fingerprint density at radius 1 is 1.47 bits per heavy atom. The van der Waals surface area contributed by atoms with Crippen LogP contribution in [0.15, 0.2) is 30.5 Å². The van der Waals surface area contributed by atoms with Crippen molar-refractivity contribution < 1.29 is 9.90 Å². The normalized spacial score (nSPS) is 12.9. The number of aliphatic carboxylic acids is 1. The van der Waals surface area contributed by atoms with Gasteiger partial charge in [-0.1, -0.05) is 12.1 Å². The van der Waals surface area contributed by atoms with Crippen molar-refractivity contribution in [2.45, 2.75) is 5.92 Å². The van der Waals surface area contributed by atoms with Crippen molar-refractivity contribution in [3.05, 3.63) is 36.0 Å². The molecule has 0 saturated carbocycles. The van der Waals surface area contributed by atoms with E-state index >= 15 is 0 Å². The molecule has 0 fully saturated rings. The molecule has 0 saturated heterocycles. The maximum Gasteiger partial charge on any atom is 0.312 e. The molecule has 4 nitrogen and oxygen atoms in total. The summed E-state index contributed by atoms with van der Waals surface area (Å²) in [6.45, 7) is 0.113. The van der Waals surface area contributed by atoms with Crippen LogP contribution in [0, 0.1) is 0 Å². The van der Waals surface area contributed by atoms with Crippen molar-refractivity contribution in [2.24, 2.45) is 5.73 Å². The predicted octanol–water partition coefficient (Wildman–Crippen LogP) is 1.29. The summed E-state index contributed by atoms with van der Waals surface area (Å²) < 4.78 is 0. The number of fused-ring (bicyclic) bond motifs is 1. The lowest BCUT2D eigenvalue weighted by Gasteiger charge is -2.09. The molecule has 2 aromatic rings. The fraction of sp³-hybridized carbons (Fsp3) is 0.182.